The summed E-state index contributed by atoms with van der Waals surface area (Å²) in [5, 5.41) is 19.4. The van der Waals surface area contributed by atoms with E-state index in [0.717, 1.165) is 17.5 Å². The number of ether oxygens (including phenoxy) is 2. The van der Waals surface area contributed by atoms with E-state index < -0.39 is 0 Å². The predicted octanol–water partition coefficient (Wildman–Crippen LogP) is 4.69. The molecule has 0 aliphatic rings. The van der Waals surface area contributed by atoms with Gasteiger partial charge in [0.1, 0.15) is 0 Å². The molecule has 0 aliphatic carbocycles. The molecule has 2 N–H and O–H groups in total. The van der Waals surface area contributed by atoms with E-state index in [1.54, 1.807) is 30.3 Å². The molecule has 2 aromatic carbocycles. The van der Waals surface area contributed by atoms with Crippen LogP contribution in [0.1, 0.15) is 31.4 Å². The minimum atomic E-state index is 0.0611. The van der Waals surface area contributed by atoms with Crippen molar-refractivity contribution in [1.29, 1.82) is 0 Å². The van der Waals surface area contributed by atoms with Gasteiger partial charge in [0.15, 0.2) is 28.8 Å². The molecule has 0 amide bonds. The van der Waals surface area contributed by atoms with Gasteiger partial charge in [-0.25, -0.2) is 0 Å². The summed E-state index contributed by atoms with van der Waals surface area (Å²) in [4.78, 5) is 12.3. The van der Waals surface area contributed by atoms with Gasteiger partial charge in [-0.15, -0.1) is 0 Å². The van der Waals surface area contributed by atoms with Crippen LogP contribution >= 0.6 is 0 Å². The summed E-state index contributed by atoms with van der Waals surface area (Å²) in [6.45, 7) is 4.25. The largest absolute Gasteiger partial charge is 0.504 e. The van der Waals surface area contributed by atoms with Crippen molar-refractivity contribution in [1.82, 2.24) is 0 Å². The lowest BCUT2D eigenvalue weighted by Crippen LogP contribution is -2.10. The molecule has 0 radical (unpaired) electrons. The molecular weight excluding hydrogens is 368 g/mol. The molecule has 5 nitrogen and oxygen atoms in total. The molecule has 0 heterocycles. The van der Waals surface area contributed by atoms with Crippen LogP contribution in [0.15, 0.2) is 48.6 Å². The van der Waals surface area contributed by atoms with Crippen LogP contribution in [-0.2, 0) is 17.6 Å². The second kappa shape index (κ2) is 10.6. The number of allylic oxidation sites excluding steroid dienone is 2. The molecule has 0 saturated heterocycles. The highest BCUT2D eigenvalue weighted by Crippen LogP contribution is 2.29. The van der Waals surface area contributed by atoms with E-state index in [4.69, 9.17) is 9.47 Å². The van der Waals surface area contributed by atoms with Gasteiger partial charge >= 0.3 is 0 Å². The Hall–Kier alpha value is -2.95. The minimum Gasteiger partial charge on any atom is -0.504 e. The molecule has 2 rings (SSSR count). The number of methoxy groups -OCH3 is 2. The molecule has 2 aromatic rings. The first-order chi connectivity index (χ1) is 13.8. The Kier molecular flexibility index (Phi) is 8.13. The summed E-state index contributed by atoms with van der Waals surface area (Å²) < 4.78 is 10.3. The van der Waals surface area contributed by atoms with Crippen LogP contribution in [0.25, 0.3) is 0 Å². The van der Waals surface area contributed by atoms with Gasteiger partial charge in [-0.05, 0) is 66.1 Å². The molecule has 0 bridgehead atoms. The highest BCUT2D eigenvalue weighted by Gasteiger charge is 2.13. The topological polar surface area (TPSA) is 76.0 Å². The predicted molar refractivity (Wildman–Crippen MR) is 114 cm³/mol. The summed E-state index contributed by atoms with van der Waals surface area (Å²) in [6, 6.07) is 10.5. The molecule has 0 unspecified atom stereocenters. The molecule has 0 spiro atoms. The van der Waals surface area contributed by atoms with Crippen molar-refractivity contribution < 1.29 is 24.5 Å². The number of hydrogen-bond donors (Lipinski definition) is 2. The van der Waals surface area contributed by atoms with Crippen molar-refractivity contribution in [3.63, 3.8) is 0 Å². The molecule has 0 fully saturated rings. The highest BCUT2D eigenvalue weighted by molar-refractivity contribution is 5.89. The first-order valence-corrected chi connectivity index (χ1v) is 9.76. The number of hydrogen-bond acceptors (Lipinski definition) is 5. The number of ketones is 1. The van der Waals surface area contributed by atoms with Crippen molar-refractivity contribution in [2.45, 2.75) is 33.1 Å². The Morgan fingerprint density at radius 1 is 0.966 bits per heavy atom. The van der Waals surface area contributed by atoms with Gasteiger partial charge < -0.3 is 19.7 Å². The van der Waals surface area contributed by atoms with Crippen molar-refractivity contribution in [3.05, 3.63) is 59.7 Å². The average molecular weight is 398 g/mol. The Balaban J connectivity index is 1.98. The molecule has 0 saturated carbocycles. The highest BCUT2D eigenvalue weighted by atomic mass is 16.5. The van der Waals surface area contributed by atoms with Gasteiger partial charge in [-0.1, -0.05) is 32.1 Å². The Bertz CT molecular complexity index is 854. The smallest absolute Gasteiger partial charge is 0.160 e. The van der Waals surface area contributed by atoms with E-state index in [1.807, 2.05) is 18.2 Å². The minimum absolute atomic E-state index is 0.0611. The molecule has 0 aliphatic heterocycles. The molecule has 1 atom stereocenters. The number of rotatable bonds is 10. The first kappa shape index (κ1) is 22.3. The molecular formula is C24H30O5. The lowest BCUT2D eigenvalue weighted by Gasteiger charge is -2.17. The summed E-state index contributed by atoms with van der Waals surface area (Å²) >= 11 is 0. The zero-order chi connectivity index (χ0) is 21.4. The van der Waals surface area contributed by atoms with E-state index in [1.165, 1.54) is 14.2 Å². The molecule has 5 heteroatoms. The number of aromatic hydroxyl groups is 2. The maximum Gasteiger partial charge on any atom is 0.160 e. The van der Waals surface area contributed by atoms with Gasteiger partial charge in [0, 0.05) is 6.42 Å². The van der Waals surface area contributed by atoms with Crippen LogP contribution in [-0.4, -0.2) is 30.2 Å². The number of phenols is 2. The van der Waals surface area contributed by atoms with E-state index in [-0.39, 0.29) is 23.2 Å². The number of phenolic OH excluding ortho intramolecular Hbond substituents is 2. The van der Waals surface area contributed by atoms with E-state index in [2.05, 4.69) is 13.8 Å². The maximum absolute atomic E-state index is 12.3. The van der Waals surface area contributed by atoms with Crippen LogP contribution in [0.5, 0.6) is 23.0 Å². The molecule has 0 aromatic heterocycles. The maximum atomic E-state index is 12.3. The van der Waals surface area contributed by atoms with Gasteiger partial charge in [-0.2, -0.15) is 0 Å². The molecule has 29 heavy (non-hydrogen) atoms. The fraction of sp³-hybridized carbons (Fsp3) is 0.375. The monoisotopic (exact) mass is 398 g/mol. The zero-order valence-electron chi connectivity index (χ0n) is 17.5. The van der Waals surface area contributed by atoms with Gasteiger partial charge in [-0.3, -0.25) is 4.79 Å². The third kappa shape index (κ3) is 6.56. The van der Waals surface area contributed by atoms with E-state index in [9.17, 15) is 15.0 Å². The van der Waals surface area contributed by atoms with E-state index in [0.29, 0.717) is 30.3 Å². The standard InChI is InChI=1S/C24H30O5/c1-16(2)19(13-18-7-12-22(27)24(15-18)29-4)8-10-20(25)9-5-17-6-11-21(26)23(14-17)28-3/h6-8,10-12,14-16,19,26-27H,5,9,13H2,1-4H3/t19-/m1/s1. The second-order valence-electron chi connectivity index (χ2n) is 7.45. The Morgan fingerprint density at radius 3 is 2.07 bits per heavy atom. The fourth-order valence-corrected chi connectivity index (χ4v) is 3.11. The lowest BCUT2D eigenvalue weighted by molar-refractivity contribution is -0.114. The van der Waals surface area contributed by atoms with Gasteiger partial charge in [0.25, 0.3) is 0 Å². The summed E-state index contributed by atoms with van der Waals surface area (Å²) in [6.07, 6.45) is 5.38. The van der Waals surface area contributed by atoms with Crippen molar-refractivity contribution >= 4 is 5.78 Å². The van der Waals surface area contributed by atoms with Crippen LogP contribution in [0.2, 0.25) is 0 Å². The Labute approximate surface area is 172 Å². The fourth-order valence-electron chi connectivity index (χ4n) is 3.11. The first-order valence-electron chi connectivity index (χ1n) is 9.76. The number of aryl methyl sites for hydroxylation is 1. The van der Waals surface area contributed by atoms with Crippen molar-refractivity contribution in [2.75, 3.05) is 14.2 Å². The van der Waals surface area contributed by atoms with Gasteiger partial charge in [0.2, 0.25) is 0 Å². The van der Waals surface area contributed by atoms with Crippen molar-refractivity contribution in [3.8, 4) is 23.0 Å². The lowest BCUT2D eigenvalue weighted by atomic mass is 9.88. The van der Waals surface area contributed by atoms with Crippen LogP contribution in [0.4, 0.5) is 0 Å². The van der Waals surface area contributed by atoms with Crippen LogP contribution < -0.4 is 9.47 Å². The zero-order valence-corrected chi connectivity index (χ0v) is 17.5. The number of carbonyl (C=O) groups is 1. The summed E-state index contributed by atoms with van der Waals surface area (Å²) in [5.41, 5.74) is 1.99. The Morgan fingerprint density at radius 2 is 1.52 bits per heavy atom. The number of carbonyl (C=O) groups excluding carboxylic acids is 1. The summed E-state index contributed by atoms with van der Waals surface area (Å²) in [5.74, 6) is 1.69. The normalized spacial score (nSPS) is 12.3. The second-order valence-corrected chi connectivity index (χ2v) is 7.45. The third-order valence-corrected chi connectivity index (χ3v) is 5.01. The van der Waals surface area contributed by atoms with Crippen molar-refractivity contribution in [2.24, 2.45) is 11.8 Å². The average Bonchev–Trinajstić information content (AvgIpc) is 2.71. The van der Waals surface area contributed by atoms with Crippen LogP contribution in [0.3, 0.4) is 0 Å². The SMILES string of the molecule is COc1cc(CCC(=O)C=C[C@H](Cc2ccc(O)c(OC)c2)C(C)C)ccc1O. The van der Waals surface area contributed by atoms with Crippen LogP contribution in [0, 0.1) is 11.8 Å². The van der Waals surface area contributed by atoms with E-state index >= 15 is 0 Å². The van der Waals surface area contributed by atoms with Gasteiger partial charge in [0.05, 0.1) is 14.2 Å². The third-order valence-electron chi connectivity index (χ3n) is 5.01. The molecule has 156 valence electrons. The summed E-state index contributed by atoms with van der Waals surface area (Å²) in [7, 11) is 3.03. The quantitative estimate of drug-likeness (QED) is 0.568. The number of benzene rings is 2.